The SMILES string of the molecule is CC(=O)CCC(=O)NC[C@@]12CCC[C@H]1N(Cc1ccccc1)C(=O)CC2. The maximum Gasteiger partial charge on any atom is 0.223 e. The minimum absolute atomic E-state index is 0.0193. The molecule has 0 radical (unpaired) electrons. The van der Waals surface area contributed by atoms with E-state index in [1.165, 1.54) is 6.92 Å². The summed E-state index contributed by atoms with van der Waals surface area (Å²) in [6.07, 6.45) is 5.07. The van der Waals surface area contributed by atoms with Gasteiger partial charge in [-0.1, -0.05) is 36.8 Å². The molecule has 5 heteroatoms. The summed E-state index contributed by atoms with van der Waals surface area (Å²) < 4.78 is 0. The first kappa shape index (κ1) is 18.6. The van der Waals surface area contributed by atoms with Crippen molar-refractivity contribution in [2.75, 3.05) is 6.54 Å². The number of piperidine rings is 1. The zero-order valence-corrected chi connectivity index (χ0v) is 15.5. The van der Waals surface area contributed by atoms with E-state index in [4.69, 9.17) is 0 Å². The van der Waals surface area contributed by atoms with Gasteiger partial charge in [-0.15, -0.1) is 0 Å². The van der Waals surface area contributed by atoms with Gasteiger partial charge in [0.1, 0.15) is 5.78 Å². The Balaban J connectivity index is 1.67. The predicted octanol–water partition coefficient (Wildman–Crippen LogP) is 2.83. The fourth-order valence-corrected chi connectivity index (χ4v) is 4.50. The molecule has 0 bridgehead atoms. The fourth-order valence-electron chi connectivity index (χ4n) is 4.50. The minimum Gasteiger partial charge on any atom is -0.355 e. The van der Waals surface area contributed by atoms with E-state index >= 15 is 0 Å². The highest BCUT2D eigenvalue weighted by molar-refractivity contribution is 5.83. The fraction of sp³-hybridized carbons (Fsp3) is 0.571. The van der Waals surface area contributed by atoms with Crippen molar-refractivity contribution < 1.29 is 14.4 Å². The smallest absolute Gasteiger partial charge is 0.223 e. The van der Waals surface area contributed by atoms with Gasteiger partial charge in [-0.05, 0) is 31.7 Å². The molecule has 26 heavy (non-hydrogen) atoms. The number of amides is 2. The Morgan fingerprint density at radius 3 is 2.69 bits per heavy atom. The molecule has 1 heterocycles. The number of nitrogens with zero attached hydrogens (tertiary/aromatic N) is 1. The Kier molecular flexibility index (Phi) is 5.74. The lowest BCUT2D eigenvalue weighted by molar-refractivity contribution is -0.143. The number of Topliss-reactive ketones (excluding diaryl/α,β-unsaturated/α-hetero) is 1. The van der Waals surface area contributed by atoms with Gasteiger partial charge < -0.3 is 15.0 Å². The summed E-state index contributed by atoms with van der Waals surface area (Å²) >= 11 is 0. The molecule has 2 amide bonds. The molecule has 0 spiro atoms. The molecule has 1 aromatic carbocycles. The average Bonchev–Trinajstić information content (AvgIpc) is 3.06. The second-order valence-electron chi connectivity index (χ2n) is 7.76. The molecule has 2 atom stereocenters. The zero-order chi connectivity index (χ0) is 18.6. The minimum atomic E-state index is -0.0632. The van der Waals surface area contributed by atoms with E-state index in [0.717, 1.165) is 31.2 Å². The Morgan fingerprint density at radius 1 is 1.19 bits per heavy atom. The largest absolute Gasteiger partial charge is 0.355 e. The number of carbonyl (C=O) groups is 3. The van der Waals surface area contributed by atoms with Gasteiger partial charge >= 0.3 is 0 Å². The molecular weight excluding hydrogens is 328 g/mol. The Labute approximate surface area is 155 Å². The third kappa shape index (κ3) is 4.14. The normalized spacial score (nSPS) is 25.0. The van der Waals surface area contributed by atoms with Crippen LogP contribution in [0.2, 0.25) is 0 Å². The van der Waals surface area contributed by atoms with Crippen molar-refractivity contribution in [1.82, 2.24) is 10.2 Å². The average molecular weight is 356 g/mol. The van der Waals surface area contributed by atoms with Crippen molar-refractivity contribution in [3.63, 3.8) is 0 Å². The van der Waals surface area contributed by atoms with Crippen LogP contribution in [0.15, 0.2) is 30.3 Å². The van der Waals surface area contributed by atoms with Crippen LogP contribution < -0.4 is 5.32 Å². The second-order valence-corrected chi connectivity index (χ2v) is 7.76. The van der Waals surface area contributed by atoms with Crippen LogP contribution in [0.5, 0.6) is 0 Å². The van der Waals surface area contributed by atoms with Crippen LogP contribution in [0, 0.1) is 5.41 Å². The van der Waals surface area contributed by atoms with E-state index in [1.807, 2.05) is 23.1 Å². The van der Waals surface area contributed by atoms with E-state index in [1.54, 1.807) is 0 Å². The zero-order valence-electron chi connectivity index (χ0n) is 15.5. The quantitative estimate of drug-likeness (QED) is 0.817. The lowest BCUT2D eigenvalue weighted by atomic mass is 9.74. The topological polar surface area (TPSA) is 66.5 Å². The van der Waals surface area contributed by atoms with E-state index in [-0.39, 0.29) is 35.5 Å². The van der Waals surface area contributed by atoms with Crippen molar-refractivity contribution in [2.24, 2.45) is 5.41 Å². The molecule has 0 unspecified atom stereocenters. The number of fused-ring (bicyclic) bond motifs is 1. The highest BCUT2D eigenvalue weighted by Gasteiger charge is 2.50. The third-order valence-corrected chi connectivity index (χ3v) is 5.93. The van der Waals surface area contributed by atoms with Crippen LogP contribution >= 0.6 is 0 Å². The first-order valence-electron chi connectivity index (χ1n) is 9.60. The number of ketones is 1. The van der Waals surface area contributed by atoms with Gasteiger partial charge in [0.2, 0.25) is 11.8 Å². The molecule has 1 aliphatic carbocycles. The van der Waals surface area contributed by atoms with E-state index in [0.29, 0.717) is 25.9 Å². The summed E-state index contributed by atoms with van der Waals surface area (Å²) in [6, 6.07) is 10.3. The highest BCUT2D eigenvalue weighted by atomic mass is 16.2. The molecule has 1 aromatic rings. The molecule has 2 fully saturated rings. The standard InChI is InChI=1S/C21H28N2O3/c1-16(24)9-10-19(25)22-15-21-12-5-8-18(21)23(20(26)11-13-21)14-17-6-3-2-4-7-17/h2-4,6-7,18H,5,8-15H2,1H3,(H,22,25)/t18-,21+/m1/s1. The van der Waals surface area contributed by atoms with E-state index in [2.05, 4.69) is 17.4 Å². The maximum atomic E-state index is 12.6. The van der Waals surface area contributed by atoms with Crippen LogP contribution in [0.1, 0.15) is 57.4 Å². The number of likely N-dealkylation sites (tertiary alicyclic amines) is 1. The first-order valence-corrected chi connectivity index (χ1v) is 9.60. The summed E-state index contributed by atoms with van der Waals surface area (Å²) in [4.78, 5) is 37.8. The number of carbonyl (C=O) groups excluding carboxylic acids is 3. The molecular formula is C21H28N2O3. The Bertz CT molecular complexity index is 673. The summed E-state index contributed by atoms with van der Waals surface area (Å²) in [5.74, 6) is 0.195. The van der Waals surface area contributed by atoms with Crippen LogP contribution in [-0.4, -0.2) is 35.1 Å². The number of nitrogens with one attached hydrogen (secondary N) is 1. The molecule has 140 valence electrons. The number of benzene rings is 1. The number of rotatable bonds is 7. The molecule has 1 N–H and O–H groups in total. The summed E-state index contributed by atoms with van der Waals surface area (Å²) in [5, 5.41) is 3.04. The van der Waals surface area contributed by atoms with Crippen molar-refractivity contribution in [1.29, 1.82) is 0 Å². The van der Waals surface area contributed by atoms with E-state index in [9.17, 15) is 14.4 Å². The lowest BCUT2D eigenvalue weighted by Gasteiger charge is -2.46. The molecule has 1 saturated carbocycles. The van der Waals surface area contributed by atoms with Crippen LogP contribution in [-0.2, 0) is 20.9 Å². The monoisotopic (exact) mass is 356 g/mol. The molecule has 1 saturated heterocycles. The number of hydrogen-bond acceptors (Lipinski definition) is 3. The van der Waals surface area contributed by atoms with Gasteiger partial charge in [0, 0.05) is 43.8 Å². The molecule has 5 nitrogen and oxygen atoms in total. The van der Waals surface area contributed by atoms with Gasteiger partial charge in [-0.2, -0.15) is 0 Å². The molecule has 3 rings (SSSR count). The summed E-state index contributed by atoms with van der Waals surface area (Å²) in [5.41, 5.74) is 1.13. The van der Waals surface area contributed by atoms with Crippen molar-refractivity contribution in [2.45, 2.75) is 64.5 Å². The van der Waals surface area contributed by atoms with Crippen LogP contribution in [0.25, 0.3) is 0 Å². The summed E-state index contributed by atoms with van der Waals surface area (Å²) in [7, 11) is 0. The van der Waals surface area contributed by atoms with Crippen molar-refractivity contribution in [3.8, 4) is 0 Å². The van der Waals surface area contributed by atoms with Gasteiger partial charge in [-0.25, -0.2) is 0 Å². The third-order valence-electron chi connectivity index (χ3n) is 5.93. The molecule has 2 aliphatic rings. The predicted molar refractivity (Wildman–Crippen MR) is 99.2 cm³/mol. The molecule has 1 aliphatic heterocycles. The maximum absolute atomic E-state index is 12.6. The lowest BCUT2D eigenvalue weighted by Crippen LogP contribution is -2.55. The van der Waals surface area contributed by atoms with E-state index < -0.39 is 0 Å². The summed E-state index contributed by atoms with van der Waals surface area (Å²) in [6.45, 7) is 2.75. The van der Waals surface area contributed by atoms with Gasteiger partial charge in [0.25, 0.3) is 0 Å². The second kappa shape index (κ2) is 8.02. The van der Waals surface area contributed by atoms with Gasteiger partial charge in [0.05, 0.1) is 0 Å². The van der Waals surface area contributed by atoms with Crippen LogP contribution in [0.3, 0.4) is 0 Å². The highest BCUT2D eigenvalue weighted by Crippen LogP contribution is 2.48. The Hall–Kier alpha value is -2.17. The number of hydrogen-bond donors (Lipinski definition) is 1. The molecule has 0 aromatic heterocycles. The van der Waals surface area contributed by atoms with Crippen molar-refractivity contribution >= 4 is 17.6 Å². The van der Waals surface area contributed by atoms with Crippen molar-refractivity contribution in [3.05, 3.63) is 35.9 Å². The van der Waals surface area contributed by atoms with Gasteiger partial charge in [0.15, 0.2) is 0 Å². The Morgan fingerprint density at radius 2 is 1.96 bits per heavy atom. The van der Waals surface area contributed by atoms with Gasteiger partial charge in [-0.3, -0.25) is 9.59 Å². The van der Waals surface area contributed by atoms with Crippen LogP contribution in [0.4, 0.5) is 0 Å². The first-order chi connectivity index (χ1) is 12.5.